The van der Waals surface area contributed by atoms with E-state index in [2.05, 4.69) is 11.4 Å². The molecule has 0 spiro atoms. The number of methoxy groups -OCH3 is 1. The van der Waals surface area contributed by atoms with E-state index in [9.17, 15) is 4.79 Å². The Kier molecular flexibility index (Phi) is 5.37. The number of ether oxygens (including phenoxy) is 1. The number of benzene rings is 2. The van der Waals surface area contributed by atoms with Gasteiger partial charge < -0.3 is 10.1 Å². The van der Waals surface area contributed by atoms with E-state index >= 15 is 0 Å². The highest BCUT2D eigenvalue weighted by Gasteiger charge is 2.24. The Morgan fingerprint density at radius 3 is 2.43 bits per heavy atom. The van der Waals surface area contributed by atoms with Crippen molar-refractivity contribution in [2.45, 2.75) is 19.8 Å². The molecule has 0 aromatic heterocycles. The molecule has 0 heterocycles. The van der Waals surface area contributed by atoms with Gasteiger partial charge in [0.05, 0.1) is 24.7 Å². The van der Waals surface area contributed by atoms with Crippen molar-refractivity contribution in [3.63, 3.8) is 0 Å². The van der Waals surface area contributed by atoms with Gasteiger partial charge in [-0.05, 0) is 41.8 Å². The zero-order valence-corrected chi connectivity index (χ0v) is 13.5. The fourth-order valence-corrected chi connectivity index (χ4v) is 2.54. The van der Waals surface area contributed by atoms with Gasteiger partial charge in [-0.3, -0.25) is 4.79 Å². The summed E-state index contributed by atoms with van der Waals surface area (Å²) in [4.78, 5) is 12.7. The number of carbonyl (C=O) groups is 1. The summed E-state index contributed by atoms with van der Waals surface area (Å²) in [6.07, 6.45) is 0. The molecule has 1 atom stereocenters. The Morgan fingerprint density at radius 2 is 1.87 bits per heavy atom. The minimum Gasteiger partial charge on any atom is -0.497 e. The molecule has 1 amide bonds. The monoisotopic (exact) mass is 308 g/mol. The molecule has 2 aromatic carbocycles. The highest BCUT2D eigenvalue weighted by Crippen LogP contribution is 2.28. The SMILES string of the molecule is COc1ccc(C(C(=O)Nc2cccc(C#N)c2)C(C)C)cc1. The molecular formula is C19H20N2O2. The second-order valence-electron chi connectivity index (χ2n) is 5.68. The lowest BCUT2D eigenvalue weighted by atomic mass is 9.87. The largest absolute Gasteiger partial charge is 0.497 e. The third-order valence-electron chi connectivity index (χ3n) is 3.68. The first-order valence-corrected chi connectivity index (χ1v) is 7.50. The minimum absolute atomic E-state index is 0.0831. The van der Waals surface area contributed by atoms with Gasteiger partial charge >= 0.3 is 0 Å². The summed E-state index contributed by atoms with van der Waals surface area (Å²) < 4.78 is 5.16. The molecule has 2 aromatic rings. The highest BCUT2D eigenvalue weighted by molar-refractivity contribution is 5.96. The maximum atomic E-state index is 12.7. The van der Waals surface area contributed by atoms with Crippen LogP contribution in [0.1, 0.15) is 30.9 Å². The Hall–Kier alpha value is -2.80. The predicted octanol–water partition coefficient (Wildman–Crippen LogP) is 3.95. The fourth-order valence-electron chi connectivity index (χ4n) is 2.54. The van der Waals surface area contributed by atoms with Crippen molar-refractivity contribution >= 4 is 11.6 Å². The molecule has 0 radical (unpaired) electrons. The van der Waals surface area contributed by atoms with Crippen molar-refractivity contribution in [2.75, 3.05) is 12.4 Å². The lowest BCUT2D eigenvalue weighted by molar-refractivity contribution is -0.118. The molecule has 1 unspecified atom stereocenters. The first kappa shape index (κ1) is 16.6. The number of anilines is 1. The number of nitriles is 1. The van der Waals surface area contributed by atoms with Crippen molar-refractivity contribution in [2.24, 2.45) is 5.92 Å². The van der Waals surface area contributed by atoms with Crippen molar-refractivity contribution in [1.82, 2.24) is 0 Å². The molecule has 4 heteroatoms. The van der Waals surface area contributed by atoms with Crippen LogP contribution in [-0.4, -0.2) is 13.0 Å². The van der Waals surface area contributed by atoms with Gasteiger partial charge in [-0.25, -0.2) is 0 Å². The summed E-state index contributed by atoms with van der Waals surface area (Å²) in [6.45, 7) is 4.03. The number of rotatable bonds is 5. The van der Waals surface area contributed by atoms with Gasteiger partial charge in [-0.1, -0.05) is 32.0 Å². The van der Waals surface area contributed by atoms with Gasteiger partial charge in [-0.15, -0.1) is 0 Å². The zero-order chi connectivity index (χ0) is 16.8. The number of nitrogens with one attached hydrogen (secondary N) is 1. The van der Waals surface area contributed by atoms with Crippen LogP contribution in [0.4, 0.5) is 5.69 Å². The van der Waals surface area contributed by atoms with Crippen LogP contribution < -0.4 is 10.1 Å². The molecule has 0 saturated heterocycles. The summed E-state index contributed by atoms with van der Waals surface area (Å²) in [5.74, 6) is 0.549. The van der Waals surface area contributed by atoms with Gasteiger partial charge in [0.2, 0.25) is 5.91 Å². The smallest absolute Gasteiger partial charge is 0.232 e. The average Bonchev–Trinajstić information content (AvgIpc) is 2.55. The molecular weight excluding hydrogens is 288 g/mol. The summed E-state index contributed by atoms with van der Waals surface area (Å²) in [5, 5.41) is 11.9. The molecule has 23 heavy (non-hydrogen) atoms. The Labute approximate surface area is 136 Å². The number of hydrogen-bond acceptors (Lipinski definition) is 3. The van der Waals surface area contributed by atoms with Crippen LogP contribution in [0.2, 0.25) is 0 Å². The summed E-state index contributed by atoms with van der Waals surface area (Å²) in [7, 11) is 1.61. The van der Waals surface area contributed by atoms with E-state index in [1.807, 2.05) is 38.1 Å². The Bertz CT molecular complexity index is 715. The van der Waals surface area contributed by atoms with E-state index < -0.39 is 0 Å². The van der Waals surface area contributed by atoms with E-state index in [1.54, 1.807) is 31.4 Å². The van der Waals surface area contributed by atoms with Gasteiger partial charge in [-0.2, -0.15) is 5.26 Å². The van der Waals surface area contributed by atoms with E-state index in [-0.39, 0.29) is 17.7 Å². The van der Waals surface area contributed by atoms with Gasteiger partial charge in [0.25, 0.3) is 0 Å². The van der Waals surface area contributed by atoms with E-state index in [1.165, 1.54) is 0 Å². The molecule has 0 aliphatic heterocycles. The third-order valence-corrected chi connectivity index (χ3v) is 3.68. The second-order valence-corrected chi connectivity index (χ2v) is 5.68. The van der Waals surface area contributed by atoms with Crippen LogP contribution in [0.15, 0.2) is 48.5 Å². The van der Waals surface area contributed by atoms with E-state index in [0.717, 1.165) is 11.3 Å². The van der Waals surface area contributed by atoms with Gasteiger partial charge in [0, 0.05) is 5.69 Å². The quantitative estimate of drug-likeness (QED) is 0.910. The van der Waals surface area contributed by atoms with Crippen molar-refractivity contribution in [3.8, 4) is 11.8 Å². The molecule has 0 aliphatic carbocycles. The molecule has 0 aliphatic rings. The topological polar surface area (TPSA) is 62.1 Å². The standard InChI is InChI=1S/C19H20N2O2/c1-13(2)18(15-7-9-17(23-3)10-8-15)19(22)21-16-6-4-5-14(11-16)12-20/h4-11,13,18H,1-3H3,(H,21,22). The zero-order valence-electron chi connectivity index (χ0n) is 13.5. The van der Waals surface area contributed by atoms with Crippen molar-refractivity contribution in [1.29, 1.82) is 5.26 Å². The lowest BCUT2D eigenvalue weighted by Gasteiger charge is -2.21. The maximum absolute atomic E-state index is 12.7. The fraction of sp³-hybridized carbons (Fsp3) is 0.263. The Morgan fingerprint density at radius 1 is 1.17 bits per heavy atom. The number of amides is 1. The molecule has 118 valence electrons. The lowest BCUT2D eigenvalue weighted by Crippen LogP contribution is -2.25. The molecule has 0 bridgehead atoms. The highest BCUT2D eigenvalue weighted by atomic mass is 16.5. The molecule has 4 nitrogen and oxygen atoms in total. The third kappa shape index (κ3) is 4.10. The first-order valence-electron chi connectivity index (χ1n) is 7.50. The van der Waals surface area contributed by atoms with Crippen molar-refractivity contribution in [3.05, 3.63) is 59.7 Å². The van der Waals surface area contributed by atoms with Crippen LogP contribution in [0, 0.1) is 17.2 Å². The van der Waals surface area contributed by atoms with Crippen LogP contribution in [0.25, 0.3) is 0 Å². The number of hydrogen-bond donors (Lipinski definition) is 1. The maximum Gasteiger partial charge on any atom is 0.232 e. The van der Waals surface area contributed by atoms with Gasteiger partial charge in [0.15, 0.2) is 0 Å². The second kappa shape index (κ2) is 7.46. The molecule has 2 rings (SSSR count). The Balaban J connectivity index is 2.22. The van der Waals surface area contributed by atoms with Crippen LogP contribution in [-0.2, 0) is 4.79 Å². The average molecular weight is 308 g/mol. The summed E-state index contributed by atoms with van der Waals surface area (Å²) in [6, 6.07) is 16.5. The van der Waals surface area contributed by atoms with Crippen molar-refractivity contribution < 1.29 is 9.53 Å². The summed E-state index contributed by atoms with van der Waals surface area (Å²) in [5.41, 5.74) is 2.09. The normalized spacial score (nSPS) is 11.6. The predicted molar refractivity (Wildman–Crippen MR) is 90.4 cm³/mol. The van der Waals surface area contributed by atoms with Crippen LogP contribution in [0.5, 0.6) is 5.75 Å². The molecule has 0 saturated carbocycles. The summed E-state index contributed by atoms with van der Waals surface area (Å²) >= 11 is 0. The first-order chi connectivity index (χ1) is 11.0. The van der Waals surface area contributed by atoms with Crippen LogP contribution in [0.3, 0.4) is 0 Å². The number of carbonyl (C=O) groups excluding carboxylic acids is 1. The minimum atomic E-state index is -0.272. The molecule has 0 fully saturated rings. The number of nitrogens with zero attached hydrogens (tertiary/aromatic N) is 1. The van der Waals surface area contributed by atoms with E-state index in [0.29, 0.717) is 11.3 Å². The van der Waals surface area contributed by atoms with E-state index in [4.69, 9.17) is 10.00 Å². The van der Waals surface area contributed by atoms with Crippen LogP contribution >= 0.6 is 0 Å². The van der Waals surface area contributed by atoms with Gasteiger partial charge in [0.1, 0.15) is 5.75 Å². The molecule has 1 N–H and O–H groups in total.